The Morgan fingerprint density at radius 3 is 2.38 bits per heavy atom. The third-order valence-electron chi connectivity index (χ3n) is 7.11. The molecule has 2 aliphatic rings. The zero-order chi connectivity index (χ0) is 26.0. The van der Waals surface area contributed by atoms with Gasteiger partial charge < -0.3 is 0 Å². The number of allylic oxidation sites excluding steroid dienone is 1. The molecule has 0 atom stereocenters. The van der Waals surface area contributed by atoms with Crippen LogP contribution in [0.5, 0.6) is 0 Å². The highest BCUT2D eigenvalue weighted by atomic mass is 35.5. The number of halogens is 5. The summed E-state index contributed by atoms with van der Waals surface area (Å²) in [5.41, 5.74) is 6.40. The molecule has 0 unspecified atom stereocenters. The number of rotatable bonds is 6. The topological polar surface area (TPSA) is 3.24 Å². The fourth-order valence-electron chi connectivity index (χ4n) is 5.38. The smallest absolute Gasteiger partial charge is 0.295 e. The van der Waals surface area contributed by atoms with E-state index >= 15 is 0 Å². The third-order valence-corrected chi connectivity index (χ3v) is 7.34. The summed E-state index contributed by atoms with van der Waals surface area (Å²) in [6.45, 7) is 2.18. The van der Waals surface area contributed by atoms with E-state index in [2.05, 4.69) is 17.0 Å². The number of nitrogens with zero attached hydrogens (tertiary/aromatic N) is 1. The van der Waals surface area contributed by atoms with Gasteiger partial charge >= 0.3 is 6.18 Å². The van der Waals surface area contributed by atoms with E-state index in [1.165, 1.54) is 17.7 Å². The summed E-state index contributed by atoms with van der Waals surface area (Å²) in [5, 5.41) is 0.0730. The molecule has 1 fully saturated rings. The maximum atomic E-state index is 14.1. The van der Waals surface area contributed by atoms with Gasteiger partial charge in [0.05, 0.1) is 12.2 Å². The third kappa shape index (κ3) is 5.68. The maximum Gasteiger partial charge on any atom is 0.417 e. The number of fused-ring (bicyclic) bond motifs is 1. The van der Waals surface area contributed by atoms with Crippen molar-refractivity contribution < 1.29 is 17.6 Å². The van der Waals surface area contributed by atoms with Crippen LogP contribution in [-0.4, -0.2) is 31.2 Å². The van der Waals surface area contributed by atoms with Crippen LogP contribution in [0.3, 0.4) is 0 Å². The van der Waals surface area contributed by atoms with Crippen LogP contribution in [0, 0.1) is 0 Å². The molecule has 0 spiro atoms. The molecule has 37 heavy (non-hydrogen) atoms. The number of alkyl halides is 4. The van der Waals surface area contributed by atoms with Crippen molar-refractivity contribution in [3.8, 4) is 0 Å². The van der Waals surface area contributed by atoms with Crippen LogP contribution in [0.4, 0.5) is 17.6 Å². The van der Waals surface area contributed by atoms with Gasteiger partial charge in [-0.3, -0.25) is 9.29 Å². The summed E-state index contributed by atoms with van der Waals surface area (Å²) < 4.78 is 54.7. The molecule has 0 N–H and O–H groups in total. The lowest BCUT2D eigenvalue weighted by molar-refractivity contribution is -0.137. The normalized spacial score (nSPS) is 16.3. The Hall–Kier alpha value is -2.89. The largest absolute Gasteiger partial charge is 0.417 e. The molecule has 3 aromatic carbocycles. The summed E-state index contributed by atoms with van der Waals surface area (Å²) in [6.07, 6.45) is 0.300. The van der Waals surface area contributed by atoms with Crippen LogP contribution in [0.25, 0.3) is 17.2 Å². The fourth-order valence-corrected chi connectivity index (χ4v) is 5.55. The van der Waals surface area contributed by atoms with Gasteiger partial charge in [0.25, 0.3) is 0 Å². The van der Waals surface area contributed by atoms with Crippen molar-refractivity contribution in [3.05, 3.63) is 111 Å². The Balaban J connectivity index is 1.57. The number of likely N-dealkylation sites (tertiary alicyclic amines) is 1. The van der Waals surface area contributed by atoms with Gasteiger partial charge in [-0.25, -0.2) is 0 Å². The van der Waals surface area contributed by atoms with Gasteiger partial charge in [0, 0.05) is 24.7 Å². The molecule has 0 amide bonds. The molecular formula is C31H28ClF4N. The van der Waals surface area contributed by atoms with Gasteiger partial charge in [-0.1, -0.05) is 72.3 Å². The molecule has 1 nitrogen and oxygen atoms in total. The van der Waals surface area contributed by atoms with Crippen molar-refractivity contribution in [2.75, 3.05) is 26.3 Å². The maximum absolute atomic E-state index is 14.1. The van der Waals surface area contributed by atoms with E-state index in [4.69, 9.17) is 11.6 Å². The highest BCUT2D eigenvalue weighted by molar-refractivity contribution is 6.30. The van der Waals surface area contributed by atoms with Crippen LogP contribution in [-0.2, 0) is 12.6 Å². The number of hydrogen-bond donors (Lipinski definition) is 0. The fraction of sp³-hybridized carbons (Fsp3) is 0.290. The average molecular weight is 526 g/mol. The van der Waals surface area contributed by atoms with Gasteiger partial charge in [-0.2, -0.15) is 13.2 Å². The van der Waals surface area contributed by atoms with Crippen LogP contribution in [0.1, 0.15) is 52.6 Å². The Morgan fingerprint density at radius 2 is 1.65 bits per heavy atom. The summed E-state index contributed by atoms with van der Waals surface area (Å²) >= 11 is 6.00. The van der Waals surface area contributed by atoms with Crippen molar-refractivity contribution in [2.45, 2.75) is 31.9 Å². The first-order valence-corrected chi connectivity index (χ1v) is 13.0. The minimum atomic E-state index is -4.51. The number of hydrogen-bond acceptors (Lipinski definition) is 1. The highest BCUT2D eigenvalue weighted by Gasteiger charge is 2.35. The molecule has 1 aliphatic heterocycles. The summed E-state index contributed by atoms with van der Waals surface area (Å²) in [4.78, 5) is 2.21. The van der Waals surface area contributed by atoms with Crippen LogP contribution in [0.2, 0.25) is 5.02 Å². The predicted octanol–water partition coefficient (Wildman–Crippen LogP) is 8.71. The molecule has 1 heterocycles. The van der Waals surface area contributed by atoms with E-state index in [9.17, 15) is 17.6 Å². The number of benzene rings is 3. The van der Waals surface area contributed by atoms with E-state index in [1.54, 1.807) is 0 Å². The first-order valence-electron chi connectivity index (χ1n) is 12.6. The Morgan fingerprint density at radius 1 is 0.892 bits per heavy atom. The zero-order valence-electron chi connectivity index (χ0n) is 20.4. The lowest BCUT2D eigenvalue weighted by Gasteiger charge is -2.33. The molecule has 192 valence electrons. The van der Waals surface area contributed by atoms with E-state index in [0.717, 1.165) is 66.4 Å². The van der Waals surface area contributed by atoms with E-state index in [-0.39, 0.29) is 17.3 Å². The minimum absolute atomic E-state index is 0.0730. The minimum Gasteiger partial charge on any atom is -0.295 e. The number of aryl methyl sites for hydroxylation is 1. The van der Waals surface area contributed by atoms with E-state index in [0.29, 0.717) is 18.4 Å². The molecular weight excluding hydrogens is 498 g/mol. The molecule has 0 radical (unpaired) electrons. The highest BCUT2D eigenvalue weighted by Crippen LogP contribution is 2.44. The van der Waals surface area contributed by atoms with Crippen molar-refractivity contribution in [3.63, 3.8) is 0 Å². The predicted molar refractivity (Wildman–Crippen MR) is 143 cm³/mol. The van der Waals surface area contributed by atoms with Crippen molar-refractivity contribution in [1.82, 2.24) is 4.90 Å². The Labute approximate surface area is 220 Å². The summed E-state index contributed by atoms with van der Waals surface area (Å²) in [5.74, 6) is 0. The van der Waals surface area contributed by atoms with Gasteiger partial charge in [0.1, 0.15) is 0 Å². The second kappa shape index (κ2) is 10.8. The standard InChI is InChI=1S/C31H28ClF4N/c32-25-13-14-27(29(18-25)31(34,35)36)28-8-3-6-23-5-1-2-7-26(23)30(28)24-11-9-21(10-12-24)17-22-19-37(20-22)16-4-15-33/h1-2,5,7,9-14,17-18H,3-4,6,8,15-16,19-20H2. The molecule has 1 saturated heterocycles. The monoisotopic (exact) mass is 525 g/mol. The molecule has 3 aromatic rings. The lowest BCUT2D eigenvalue weighted by Crippen LogP contribution is -2.40. The summed E-state index contributed by atoms with van der Waals surface area (Å²) in [7, 11) is 0. The average Bonchev–Trinajstić information content (AvgIpc) is 3.05. The lowest BCUT2D eigenvalue weighted by atomic mass is 9.86. The van der Waals surface area contributed by atoms with Gasteiger partial charge in [-0.15, -0.1) is 0 Å². The molecule has 5 rings (SSSR count). The first kappa shape index (κ1) is 25.7. The van der Waals surface area contributed by atoms with E-state index < -0.39 is 11.7 Å². The first-order chi connectivity index (χ1) is 17.8. The second-order valence-electron chi connectivity index (χ2n) is 9.73. The van der Waals surface area contributed by atoms with Crippen molar-refractivity contribution in [1.29, 1.82) is 0 Å². The van der Waals surface area contributed by atoms with Crippen LogP contribution in [0.15, 0.2) is 72.3 Å². The van der Waals surface area contributed by atoms with Gasteiger partial charge in [-0.05, 0) is 82.4 Å². The van der Waals surface area contributed by atoms with Gasteiger partial charge in [0.2, 0.25) is 0 Å². The molecule has 0 aromatic heterocycles. The van der Waals surface area contributed by atoms with E-state index in [1.807, 2.05) is 42.5 Å². The SMILES string of the molecule is FCCCN1CC(=Cc2ccc(C3=C(c4ccc(Cl)cc4C(F)(F)F)CCCc4ccccc43)cc2)C1. The van der Waals surface area contributed by atoms with Crippen molar-refractivity contribution in [2.24, 2.45) is 0 Å². The molecule has 0 saturated carbocycles. The molecule has 6 heteroatoms. The Bertz CT molecular complexity index is 1330. The van der Waals surface area contributed by atoms with Crippen molar-refractivity contribution >= 4 is 28.8 Å². The zero-order valence-corrected chi connectivity index (χ0v) is 21.2. The summed E-state index contributed by atoms with van der Waals surface area (Å²) in [6, 6.07) is 20.1. The van der Waals surface area contributed by atoms with Gasteiger partial charge in [0.15, 0.2) is 0 Å². The molecule has 0 bridgehead atoms. The quantitative estimate of drug-likeness (QED) is 0.291. The van der Waals surface area contributed by atoms with Crippen LogP contribution < -0.4 is 0 Å². The molecule has 1 aliphatic carbocycles. The van der Waals surface area contributed by atoms with Crippen LogP contribution >= 0.6 is 11.6 Å². The Kier molecular flexibility index (Phi) is 7.55. The second-order valence-corrected chi connectivity index (χ2v) is 10.2.